The lowest BCUT2D eigenvalue weighted by atomic mass is 10.1. The Kier molecular flexibility index (Phi) is 3.79. The molecule has 4 nitrogen and oxygen atoms in total. The first-order valence-electron chi connectivity index (χ1n) is 6.78. The van der Waals surface area contributed by atoms with E-state index in [4.69, 9.17) is 5.11 Å². The molecule has 1 aromatic carbocycles. The maximum atomic E-state index is 14.1. The van der Waals surface area contributed by atoms with Gasteiger partial charge >= 0.3 is 0 Å². The molecule has 0 unspecified atom stereocenters. The molecule has 0 bridgehead atoms. The molecule has 0 radical (unpaired) electrons. The van der Waals surface area contributed by atoms with Crippen LogP contribution < -0.4 is 4.90 Å². The highest BCUT2D eigenvalue weighted by atomic mass is 19.1. The Morgan fingerprint density at radius 1 is 1.29 bits per heavy atom. The molecular formula is C15H15F2N3O. The summed E-state index contributed by atoms with van der Waals surface area (Å²) in [7, 11) is 0. The molecule has 0 amide bonds. The van der Waals surface area contributed by atoms with Crippen LogP contribution in [0.3, 0.4) is 0 Å². The molecule has 21 heavy (non-hydrogen) atoms. The number of aliphatic hydroxyl groups excluding tert-OH is 1. The van der Waals surface area contributed by atoms with E-state index >= 15 is 0 Å². The maximum absolute atomic E-state index is 14.1. The number of halogens is 2. The number of aliphatic hydroxyl groups is 1. The van der Waals surface area contributed by atoms with Gasteiger partial charge < -0.3 is 10.0 Å². The lowest BCUT2D eigenvalue weighted by molar-refractivity contribution is 0.276. The molecule has 3 rings (SSSR count). The SMILES string of the molecule is OCc1cccc(-c2cnc(N3CC[C@H](F)C3)nc2)c1F. The number of hydrogen-bond donors (Lipinski definition) is 1. The first-order valence-corrected chi connectivity index (χ1v) is 6.78. The molecule has 1 atom stereocenters. The van der Waals surface area contributed by atoms with Gasteiger partial charge in [-0.05, 0) is 6.42 Å². The number of alkyl halides is 1. The number of rotatable bonds is 3. The predicted molar refractivity (Wildman–Crippen MR) is 75.1 cm³/mol. The van der Waals surface area contributed by atoms with Crippen LogP contribution in [-0.2, 0) is 6.61 Å². The summed E-state index contributed by atoms with van der Waals surface area (Å²) in [6.07, 6.45) is 2.69. The summed E-state index contributed by atoms with van der Waals surface area (Å²) < 4.78 is 27.3. The number of anilines is 1. The Morgan fingerprint density at radius 2 is 2.05 bits per heavy atom. The topological polar surface area (TPSA) is 49.3 Å². The normalized spacial score (nSPS) is 18.2. The van der Waals surface area contributed by atoms with Crippen molar-refractivity contribution in [2.24, 2.45) is 0 Å². The van der Waals surface area contributed by atoms with Gasteiger partial charge in [0.1, 0.15) is 12.0 Å². The summed E-state index contributed by atoms with van der Waals surface area (Å²) in [6.45, 7) is 0.535. The van der Waals surface area contributed by atoms with E-state index in [1.807, 2.05) is 0 Å². The molecule has 1 aromatic heterocycles. The maximum Gasteiger partial charge on any atom is 0.225 e. The van der Waals surface area contributed by atoms with Gasteiger partial charge in [0, 0.05) is 35.6 Å². The van der Waals surface area contributed by atoms with E-state index in [2.05, 4.69) is 9.97 Å². The highest BCUT2D eigenvalue weighted by molar-refractivity contribution is 5.64. The molecule has 1 saturated heterocycles. The van der Waals surface area contributed by atoms with Crippen molar-refractivity contribution in [3.63, 3.8) is 0 Å². The molecule has 1 aliphatic rings. The second-order valence-electron chi connectivity index (χ2n) is 5.04. The van der Waals surface area contributed by atoms with Crippen LogP contribution >= 0.6 is 0 Å². The van der Waals surface area contributed by atoms with Crippen molar-refractivity contribution in [1.82, 2.24) is 9.97 Å². The van der Waals surface area contributed by atoms with Gasteiger partial charge in [0.2, 0.25) is 5.95 Å². The van der Waals surface area contributed by atoms with Gasteiger partial charge in [-0.25, -0.2) is 18.7 Å². The minimum absolute atomic E-state index is 0.233. The summed E-state index contributed by atoms with van der Waals surface area (Å²) >= 11 is 0. The van der Waals surface area contributed by atoms with E-state index in [9.17, 15) is 8.78 Å². The van der Waals surface area contributed by atoms with Crippen molar-refractivity contribution in [2.45, 2.75) is 19.2 Å². The van der Waals surface area contributed by atoms with Gasteiger partial charge in [-0.3, -0.25) is 0 Å². The van der Waals surface area contributed by atoms with Crippen LogP contribution in [0.1, 0.15) is 12.0 Å². The Bertz CT molecular complexity index is 633. The fraction of sp³-hybridized carbons (Fsp3) is 0.333. The van der Waals surface area contributed by atoms with Crippen LogP contribution in [-0.4, -0.2) is 34.3 Å². The summed E-state index contributed by atoms with van der Waals surface area (Å²) in [6, 6.07) is 4.81. The van der Waals surface area contributed by atoms with E-state index in [0.29, 0.717) is 36.6 Å². The average molecular weight is 291 g/mol. The van der Waals surface area contributed by atoms with Crippen LogP contribution in [0.5, 0.6) is 0 Å². The van der Waals surface area contributed by atoms with E-state index in [-0.39, 0.29) is 12.2 Å². The van der Waals surface area contributed by atoms with Crippen molar-refractivity contribution in [3.8, 4) is 11.1 Å². The third-order valence-corrected chi connectivity index (χ3v) is 3.61. The van der Waals surface area contributed by atoms with E-state index in [1.54, 1.807) is 17.0 Å². The molecular weight excluding hydrogens is 276 g/mol. The van der Waals surface area contributed by atoms with Crippen molar-refractivity contribution >= 4 is 5.95 Å². The lowest BCUT2D eigenvalue weighted by Gasteiger charge is -2.15. The molecule has 1 fully saturated rings. The van der Waals surface area contributed by atoms with Gasteiger partial charge in [-0.1, -0.05) is 18.2 Å². The van der Waals surface area contributed by atoms with E-state index in [0.717, 1.165) is 0 Å². The highest BCUT2D eigenvalue weighted by Crippen LogP contribution is 2.25. The average Bonchev–Trinajstić information content (AvgIpc) is 2.94. The van der Waals surface area contributed by atoms with Crippen LogP contribution in [0.4, 0.5) is 14.7 Å². The number of aromatic nitrogens is 2. The summed E-state index contributed by atoms with van der Waals surface area (Å²) in [4.78, 5) is 10.1. The molecule has 2 aromatic rings. The fourth-order valence-corrected chi connectivity index (χ4v) is 2.45. The summed E-state index contributed by atoms with van der Waals surface area (Å²) in [5, 5.41) is 9.09. The first kappa shape index (κ1) is 13.9. The van der Waals surface area contributed by atoms with Gasteiger partial charge in [-0.2, -0.15) is 0 Å². The zero-order valence-corrected chi connectivity index (χ0v) is 11.3. The van der Waals surface area contributed by atoms with Crippen molar-refractivity contribution < 1.29 is 13.9 Å². The monoisotopic (exact) mass is 291 g/mol. The first-order chi connectivity index (χ1) is 10.2. The van der Waals surface area contributed by atoms with Crippen LogP contribution in [0.25, 0.3) is 11.1 Å². The van der Waals surface area contributed by atoms with Crippen molar-refractivity contribution in [1.29, 1.82) is 0 Å². The second kappa shape index (κ2) is 5.73. The predicted octanol–water partition coefficient (Wildman–Crippen LogP) is 2.32. The Hall–Kier alpha value is -2.08. The van der Waals surface area contributed by atoms with Crippen LogP contribution in [0, 0.1) is 5.82 Å². The smallest absolute Gasteiger partial charge is 0.225 e. The quantitative estimate of drug-likeness (QED) is 0.943. The van der Waals surface area contributed by atoms with E-state index in [1.165, 1.54) is 18.5 Å². The third kappa shape index (κ3) is 2.71. The Labute approximate surface area is 121 Å². The van der Waals surface area contributed by atoms with Crippen molar-refractivity contribution in [3.05, 3.63) is 42.0 Å². The minimum atomic E-state index is -0.841. The number of nitrogens with zero attached hydrogens (tertiary/aromatic N) is 3. The Balaban J connectivity index is 1.87. The largest absolute Gasteiger partial charge is 0.392 e. The number of hydrogen-bond acceptors (Lipinski definition) is 4. The molecule has 2 heterocycles. The van der Waals surface area contributed by atoms with Gasteiger partial charge in [0.05, 0.1) is 13.2 Å². The van der Waals surface area contributed by atoms with Gasteiger partial charge in [0.25, 0.3) is 0 Å². The van der Waals surface area contributed by atoms with Crippen LogP contribution in [0.15, 0.2) is 30.6 Å². The molecule has 0 spiro atoms. The fourth-order valence-electron chi connectivity index (χ4n) is 2.45. The molecule has 0 aliphatic carbocycles. The third-order valence-electron chi connectivity index (χ3n) is 3.61. The molecule has 1 aliphatic heterocycles. The molecule has 1 N–H and O–H groups in total. The van der Waals surface area contributed by atoms with Gasteiger partial charge in [0.15, 0.2) is 0 Å². The standard InChI is InChI=1S/C15H15F2N3O/c16-12-4-5-20(8-12)15-18-6-11(7-19-15)13-3-1-2-10(9-21)14(13)17/h1-3,6-7,12,21H,4-5,8-9H2/t12-/m0/s1. The number of benzene rings is 1. The molecule has 6 heteroatoms. The zero-order chi connectivity index (χ0) is 14.8. The van der Waals surface area contributed by atoms with Crippen molar-refractivity contribution in [2.75, 3.05) is 18.0 Å². The van der Waals surface area contributed by atoms with Gasteiger partial charge in [-0.15, -0.1) is 0 Å². The van der Waals surface area contributed by atoms with Crippen LogP contribution in [0.2, 0.25) is 0 Å². The highest BCUT2D eigenvalue weighted by Gasteiger charge is 2.23. The second-order valence-corrected chi connectivity index (χ2v) is 5.04. The zero-order valence-electron chi connectivity index (χ0n) is 11.3. The molecule has 110 valence electrons. The summed E-state index contributed by atoms with van der Waals surface area (Å²) in [5.74, 6) is -0.0148. The summed E-state index contributed by atoms with van der Waals surface area (Å²) in [5.41, 5.74) is 1.11. The lowest BCUT2D eigenvalue weighted by Crippen LogP contribution is -2.22. The molecule has 0 saturated carbocycles. The Morgan fingerprint density at radius 3 is 2.67 bits per heavy atom. The van der Waals surface area contributed by atoms with E-state index < -0.39 is 12.0 Å². The minimum Gasteiger partial charge on any atom is -0.392 e.